The van der Waals surface area contributed by atoms with Gasteiger partial charge in [0.15, 0.2) is 11.5 Å². The number of anilines is 1. The van der Waals surface area contributed by atoms with Crippen LogP contribution in [0.15, 0.2) is 12.1 Å². The number of nitrogens with zero attached hydrogens (tertiary/aromatic N) is 1. The van der Waals surface area contributed by atoms with Crippen molar-refractivity contribution in [3.05, 3.63) is 33.1 Å². The van der Waals surface area contributed by atoms with E-state index in [0.717, 1.165) is 12.8 Å². The second kappa shape index (κ2) is 4.93. The third kappa shape index (κ3) is 2.54. The van der Waals surface area contributed by atoms with Gasteiger partial charge in [0.1, 0.15) is 0 Å². The number of halogens is 2. The van der Waals surface area contributed by atoms with Crippen LogP contribution in [0.5, 0.6) is 0 Å². The third-order valence-corrected chi connectivity index (χ3v) is 4.81. The van der Waals surface area contributed by atoms with E-state index in [4.69, 9.17) is 11.6 Å². The average molecular weight is 291 g/mol. The summed E-state index contributed by atoms with van der Waals surface area (Å²) in [5.41, 5.74) is -0.401. The van der Waals surface area contributed by atoms with Crippen molar-refractivity contribution in [3.8, 4) is 0 Å². The first kappa shape index (κ1) is 13.4. The molecule has 0 bridgehead atoms. The molecule has 0 heterocycles. The van der Waals surface area contributed by atoms with Crippen LogP contribution in [0.3, 0.4) is 0 Å². The van der Waals surface area contributed by atoms with Crippen LogP contribution in [-0.4, -0.2) is 22.5 Å². The maximum Gasteiger partial charge on any atom is 0.295 e. The van der Waals surface area contributed by atoms with E-state index in [0.29, 0.717) is 6.54 Å². The zero-order valence-electron chi connectivity index (χ0n) is 9.70. The molecule has 98 valence electrons. The molecule has 1 N–H and O–H groups in total. The number of benzene rings is 1. The van der Waals surface area contributed by atoms with Crippen molar-refractivity contribution in [1.29, 1.82) is 0 Å². The molecule has 0 radical (unpaired) electrons. The van der Waals surface area contributed by atoms with Crippen LogP contribution in [0.2, 0.25) is 5.02 Å². The predicted octanol–water partition coefficient (Wildman–Crippen LogP) is 3.69. The summed E-state index contributed by atoms with van der Waals surface area (Å²) in [6.07, 6.45) is 4.06. The zero-order chi connectivity index (χ0) is 13.3. The summed E-state index contributed by atoms with van der Waals surface area (Å²) in [6, 6.07) is 2.41. The summed E-state index contributed by atoms with van der Waals surface area (Å²) in [5.74, 6) is -0.761. The molecule has 0 atom stereocenters. The SMILES string of the molecule is CSC1(CNc2c([N+](=O)[O-])ccc(Cl)c2F)CC1. The monoisotopic (exact) mass is 290 g/mol. The van der Waals surface area contributed by atoms with Crippen molar-refractivity contribution < 1.29 is 9.31 Å². The highest BCUT2D eigenvalue weighted by molar-refractivity contribution is 8.00. The van der Waals surface area contributed by atoms with E-state index >= 15 is 0 Å². The molecule has 7 heteroatoms. The Hall–Kier alpha value is -1.01. The quantitative estimate of drug-likeness (QED) is 0.664. The molecule has 1 aliphatic carbocycles. The van der Waals surface area contributed by atoms with Gasteiger partial charge >= 0.3 is 0 Å². The van der Waals surface area contributed by atoms with Crippen molar-refractivity contribution in [1.82, 2.24) is 0 Å². The Labute approximate surface area is 113 Å². The van der Waals surface area contributed by atoms with Gasteiger partial charge in [-0.25, -0.2) is 4.39 Å². The first-order valence-electron chi connectivity index (χ1n) is 5.40. The molecule has 0 unspecified atom stereocenters. The largest absolute Gasteiger partial charge is 0.376 e. The molecule has 0 aliphatic heterocycles. The van der Waals surface area contributed by atoms with E-state index < -0.39 is 10.7 Å². The van der Waals surface area contributed by atoms with Gasteiger partial charge in [-0.3, -0.25) is 10.1 Å². The molecule has 1 fully saturated rings. The van der Waals surface area contributed by atoms with Gasteiger partial charge in [-0.15, -0.1) is 0 Å². The molecule has 1 saturated carbocycles. The highest BCUT2D eigenvalue weighted by Gasteiger charge is 2.42. The maximum atomic E-state index is 13.8. The third-order valence-electron chi connectivity index (χ3n) is 3.10. The van der Waals surface area contributed by atoms with Crippen LogP contribution in [0, 0.1) is 15.9 Å². The summed E-state index contributed by atoms with van der Waals surface area (Å²) >= 11 is 7.34. The molecule has 1 aromatic rings. The molecule has 18 heavy (non-hydrogen) atoms. The molecular formula is C11H12ClFN2O2S. The van der Waals surface area contributed by atoms with Crippen LogP contribution in [-0.2, 0) is 0 Å². The van der Waals surface area contributed by atoms with Crippen LogP contribution >= 0.6 is 23.4 Å². The lowest BCUT2D eigenvalue weighted by Crippen LogP contribution is -2.18. The Morgan fingerprint density at radius 1 is 1.61 bits per heavy atom. The number of thioether (sulfide) groups is 1. The van der Waals surface area contributed by atoms with Crippen LogP contribution in [0.1, 0.15) is 12.8 Å². The lowest BCUT2D eigenvalue weighted by atomic mass is 10.2. The first-order valence-corrected chi connectivity index (χ1v) is 7.01. The van der Waals surface area contributed by atoms with Gasteiger partial charge in [-0.05, 0) is 25.2 Å². The van der Waals surface area contributed by atoms with Crippen molar-refractivity contribution in [2.75, 3.05) is 18.1 Å². The molecule has 0 amide bonds. The molecule has 0 aromatic heterocycles. The maximum absolute atomic E-state index is 13.8. The summed E-state index contributed by atoms with van der Waals surface area (Å²) in [4.78, 5) is 10.2. The van der Waals surface area contributed by atoms with E-state index in [1.165, 1.54) is 12.1 Å². The number of nitro benzene ring substituents is 1. The molecule has 0 saturated heterocycles. The minimum absolute atomic E-state index is 0.0859. The second-order valence-electron chi connectivity index (χ2n) is 4.25. The van der Waals surface area contributed by atoms with Crippen molar-refractivity contribution >= 4 is 34.7 Å². The van der Waals surface area contributed by atoms with E-state index in [1.807, 2.05) is 6.26 Å². The zero-order valence-corrected chi connectivity index (χ0v) is 11.3. The van der Waals surface area contributed by atoms with E-state index in [-0.39, 0.29) is 21.1 Å². The summed E-state index contributed by atoms with van der Waals surface area (Å²) in [6.45, 7) is 0.506. The standard InChI is InChI=1S/C11H12ClFN2O2S/c1-18-11(4-5-11)6-14-10-8(15(16)17)3-2-7(12)9(10)13/h2-3,14H,4-6H2,1H3. The molecule has 1 aromatic carbocycles. The van der Waals surface area contributed by atoms with Gasteiger partial charge in [0.25, 0.3) is 5.69 Å². The fraction of sp³-hybridized carbons (Fsp3) is 0.455. The van der Waals surface area contributed by atoms with E-state index in [9.17, 15) is 14.5 Å². The van der Waals surface area contributed by atoms with E-state index in [1.54, 1.807) is 11.8 Å². The fourth-order valence-electron chi connectivity index (χ4n) is 1.70. The number of hydrogen-bond donors (Lipinski definition) is 1. The smallest absolute Gasteiger partial charge is 0.295 e. The Kier molecular flexibility index (Phi) is 3.68. The Bertz CT molecular complexity index is 494. The van der Waals surface area contributed by atoms with Gasteiger partial charge in [0.2, 0.25) is 0 Å². The van der Waals surface area contributed by atoms with Crippen LogP contribution in [0.4, 0.5) is 15.8 Å². The first-order chi connectivity index (χ1) is 8.49. The lowest BCUT2D eigenvalue weighted by molar-refractivity contribution is -0.384. The summed E-state index contributed by atoms with van der Waals surface area (Å²) in [5, 5.41) is 13.6. The van der Waals surface area contributed by atoms with Crippen molar-refractivity contribution in [2.45, 2.75) is 17.6 Å². The molecule has 1 aliphatic rings. The molecule has 4 nitrogen and oxygen atoms in total. The fourth-order valence-corrected chi connectivity index (χ4v) is 2.59. The highest BCUT2D eigenvalue weighted by Crippen LogP contribution is 2.47. The number of nitro groups is 1. The average Bonchev–Trinajstić information content (AvgIpc) is 3.11. The Morgan fingerprint density at radius 2 is 2.28 bits per heavy atom. The number of nitrogens with one attached hydrogen (secondary N) is 1. The van der Waals surface area contributed by atoms with Crippen LogP contribution < -0.4 is 5.32 Å². The van der Waals surface area contributed by atoms with Crippen molar-refractivity contribution in [3.63, 3.8) is 0 Å². The molecular weight excluding hydrogens is 279 g/mol. The van der Waals surface area contributed by atoms with Gasteiger partial charge < -0.3 is 5.32 Å². The minimum atomic E-state index is -0.761. The van der Waals surface area contributed by atoms with Gasteiger partial charge in [0, 0.05) is 17.4 Å². The van der Waals surface area contributed by atoms with Gasteiger partial charge in [-0.2, -0.15) is 11.8 Å². The van der Waals surface area contributed by atoms with Gasteiger partial charge in [0.05, 0.1) is 9.95 Å². The lowest BCUT2D eigenvalue weighted by Gasteiger charge is -2.15. The number of rotatable bonds is 5. The molecule has 2 rings (SSSR count). The second-order valence-corrected chi connectivity index (χ2v) is 5.93. The normalized spacial score (nSPS) is 16.4. The van der Waals surface area contributed by atoms with E-state index in [2.05, 4.69) is 5.32 Å². The highest BCUT2D eigenvalue weighted by atomic mass is 35.5. The summed E-state index contributed by atoms with van der Waals surface area (Å²) < 4.78 is 13.9. The Balaban J connectivity index is 2.24. The topological polar surface area (TPSA) is 55.2 Å². The molecule has 0 spiro atoms. The Morgan fingerprint density at radius 3 is 2.78 bits per heavy atom. The minimum Gasteiger partial charge on any atom is -0.376 e. The van der Waals surface area contributed by atoms with Crippen molar-refractivity contribution in [2.24, 2.45) is 0 Å². The predicted molar refractivity (Wildman–Crippen MR) is 72.0 cm³/mol. The number of hydrogen-bond acceptors (Lipinski definition) is 4. The summed E-state index contributed by atoms with van der Waals surface area (Å²) in [7, 11) is 0. The van der Waals surface area contributed by atoms with Gasteiger partial charge in [-0.1, -0.05) is 11.6 Å². The van der Waals surface area contributed by atoms with Crippen LogP contribution in [0.25, 0.3) is 0 Å².